The molecular weight excluding hydrogens is 388 g/mol. The number of hydrogen-bond acceptors (Lipinski definition) is 6. The van der Waals surface area contributed by atoms with Gasteiger partial charge in [-0.3, -0.25) is 4.98 Å². The zero-order chi connectivity index (χ0) is 20.7. The first-order valence-corrected chi connectivity index (χ1v) is 9.34. The number of ether oxygens (including phenoxy) is 1. The smallest absolute Gasteiger partial charge is 0.137 e. The van der Waals surface area contributed by atoms with E-state index in [1.54, 1.807) is 35.6 Å². The van der Waals surface area contributed by atoms with Gasteiger partial charge < -0.3 is 9.64 Å². The minimum Gasteiger partial charge on any atom is -0.495 e. The Balaban J connectivity index is 1.42. The van der Waals surface area contributed by atoms with Crippen LogP contribution in [0, 0.1) is 11.6 Å². The summed E-state index contributed by atoms with van der Waals surface area (Å²) in [5.41, 5.74) is 3.12. The highest BCUT2D eigenvalue weighted by atomic mass is 19.1. The van der Waals surface area contributed by atoms with Crippen LogP contribution in [0.1, 0.15) is 5.56 Å². The molecule has 0 saturated heterocycles. The Hall–Kier alpha value is -3.81. The van der Waals surface area contributed by atoms with Gasteiger partial charge in [0.1, 0.15) is 23.4 Å². The molecule has 1 unspecified atom stereocenters. The molecule has 0 N–H and O–H groups in total. The van der Waals surface area contributed by atoms with E-state index in [0.717, 1.165) is 28.2 Å². The maximum atomic E-state index is 13.6. The lowest BCUT2D eigenvalue weighted by molar-refractivity contribution is 0.362. The minimum absolute atomic E-state index is 0.220. The molecule has 0 radical (unpaired) electrons. The van der Waals surface area contributed by atoms with Crippen LogP contribution in [0.5, 0.6) is 5.75 Å². The minimum atomic E-state index is -0.628. The normalized spacial score (nSPS) is 17.4. The van der Waals surface area contributed by atoms with E-state index in [0.29, 0.717) is 18.0 Å². The van der Waals surface area contributed by atoms with Crippen LogP contribution < -0.4 is 9.64 Å². The standard InChI is InChI=1S/C22H17F2N5O/c1-30-19-7-15-6-14(2-3-20(15)25-11-19)12-29-22-13-28(5-4-21(22)26-27-29)18-9-16(23)8-17(24)10-18/h2-11,13,21H,12H2,1H3. The van der Waals surface area contributed by atoms with Crippen molar-refractivity contribution in [2.75, 3.05) is 12.0 Å². The molecule has 30 heavy (non-hydrogen) atoms. The van der Waals surface area contributed by atoms with Crippen LogP contribution in [0.15, 0.2) is 83.2 Å². The Morgan fingerprint density at radius 2 is 1.90 bits per heavy atom. The van der Waals surface area contributed by atoms with Crippen molar-refractivity contribution in [1.29, 1.82) is 0 Å². The average molecular weight is 405 g/mol. The van der Waals surface area contributed by atoms with E-state index in [1.165, 1.54) is 12.1 Å². The van der Waals surface area contributed by atoms with Crippen LogP contribution in [0.2, 0.25) is 0 Å². The molecule has 0 spiro atoms. The molecule has 3 aromatic rings. The largest absolute Gasteiger partial charge is 0.495 e. The molecule has 8 heteroatoms. The Kier molecular flexibility index (Phi) is 4.39. The molecule has 0 amide bonds. The summed E-state index contributed by atoms with van der Waals surface area (Å²) in [6.45, 7) is 0.498. The summed E-state index contributed by atoms with van der Waals surface area (Å²) >= 11 is 0. The van der Waals surface area contributed by atoms with E-state index in [4.69, 9.17) is 4.74 Å². The Labute approximate surface area is 171 Å². The third-order valence-electron chi connectivity index (χ3n) is 5.02. The predicted octanol–water partition coefficient (Wildman–Crippen LogP) is 4.95. The molecule has 0 saturated carbocycles. The summed E-state index contributed by atoms with van der Waals surface area (Å²) in [6, 6.07) is 11.1. The highest BCUT2D eigenvalue weighted by Gasteiger charge is 2.28. The zero-order valence-corrected chi connectivity index (χ0v) is 16.0. The second kappa shape index (κ2) is 7.22. The third kappa shape index (κ3) is 3.36. The van der Waals surface area contributed by atoms with E-state index in [1.807, 2.05) is 30.3 Å². The number of methoxy groups -OCH3 is 1. The first-order chi connectivity index (χ1) is 14.6. The van der Waals surface area contributed by atoms with Gasteiger partial charge in [0.15, 0.2) is 0 Å². The van der Waals surface area contributed by atoms with Crippen molar-refractivity contribution in [3.05, 3.63) is 90.0 Å². The van der Waals surface area contributed by atoms with Gasteiger partial charge in [0.25, 0.3) is 0 Å². The zero-order valence-electron chi connectivity index (χ0n) is 16.0. The summed E-state index contributed by atoms with van der Waals surface area (Å²) in [5.74, 6) is -0.563. The van der Waals surface area contributed by atoms with Crippen LogP contribution >= 0.6 is 0 Å². The van der Waals surface area contributed by atoms with Crippen molar-refractivity contribution >= 4 is 16.6 Å². The summed E-state index contributed by atoms with van der Waals surface area (Å²) < 4.78 is 32.5. The number of rotatable bonds is 4. The summed E-state index contributed by atoms with van der Waals surface area (Å²) in [7, 11) is 1.61. The Morgan fingerprint density at radius 1 is 1.07 bits per heavy atom. The van der Waals surface area contributed by atoms with Crippen molar-refractivity contribution in [3.63, 3.8) is 0 Å². The average Bonchev–Trinajstić information content (AvgIpc) is 3.14. The Bertz CT molecular complexity index is 1200. The molecule has 2 aromatic carbocycles. The highest BCUT2D eigenvalue weighted by Crippen LogP contribution is 2.31. The van der Waals surface area contributed by atoms with Gasteiger partial charge >= 0.3 is 0 Å². The maximum Gasteiger partial charge on any atom is 0.137 e. The van der Waals surface area contributed by atoms with Gasteiger partial charge in [-0.1, -0.05) is 11.3 Å². The van der Waals surface area contributed by atoms with E-state index >= 15 is 0 Å². The van der Waals surface area contributed by atoms with Gasteiger partial charge in [-0.25, -0.2) is 13.8 Å². The molecular formula is C22H17F2N5O. The fourth-order valence-electron chi connectivity index (χ4n) is 3.54. The number of anilines is 1. The van der Waals surface area contributed by atoms with Crippen molar-refractivity contribution in [3.8, 4) is 5.75 Å². The van der Waals surface area contributed by atoms with Gasteiger partial charge in [0.05, 0.1) is 36.8 Å². The van der Waals surface area contributed by atoms with Gasteiger partial charge in [-0.2, -0.15) is 5.11 Å². The lowest BCUT2D eigenvalue weighted by atomic mass is 10.1. The van der Waals surface area contributed by atoms with E-state index in [9.17, 15) is 8.78 Å². The van der Waals surface area contributed by atoms with Gasteiger partial charge in [0.2, 0.25) is 0 Å². The predicted molar refractivity (Wildman–Crippen MR) is 109 cm³/mol. The summed E-state index contributed by atoms with van der Waals surface area (Å²) in [4.78, 5) is 6.04. The van der Waals surface area contributed by atoms with Gasteiger partial charge in [-0.05, 0) is 42.0 Å². The first-order valence-electron chi connectivity index (χ1n) is 9.34. The van der Waals surface area contributed by atoms with E-state index in [-0.39, 0.29) is 6.04 Å². The van der Waals surface area contributed by atoms with Crippen molar-refractivity contribution in [1.82, 2.24) is 9.99 Å². The molecule has 0 fully saturated rings. The van der Waals surface area contributed by atoms with Gasteiger partial charge in [0, 0.05) is 23.9 Å². The topological polar surface area (TPSA) is 53.3 Å². The van der Waals surface area contributed by atoms with Crippen LogP contribution in [0.4, 0.5) is 14.5 Å². The fraction of sp³-hybridized carbons (Fsp3) is 0.136. The SMILES string of the molecule is COc1cnc2ccc(CN3N=NC4C=CN(c5cc(F)cc(F)c5)C=C43)cc2c1. The molecule has 0 aliphatic carbocycles. The summed E-state index contributed by atoms with van der Waals surface area (Å²) in [6.07, 6.45) is 7.06. The number of pyridine rings is 1. The second-order valence-corrected chi connectivity index (χ2v) is 7.04. The number of hydrogen-bond donors (Lipinski definition) is 0. The van der Waals surface area contributed by atoms with Crippen molar-refractivity contribution < 1.29 is 13.5 Å². The molecule has 0 bridgehead atoms. The molecule has 6 nitrogen and oxygen atoms in total. The molecule has 3 heterocycles. The molecule has 5 rings (SSSR count). The fourth-order valence-corrected chi connectivity index (χ4v) is 3.54. The third-order valence-corrected chi connectivity index (χ3v) is 5.02. The van der Waals surface area contributed by atoms with Crippen LogP contribution in [-0.2, 0) is 6.54 Å². The Morgan fingerprint density at radius 3 is 2.70 bits per heavy atom. The molecule has 150 valence electrons. The molecule has 2 aliphatic heterocycles. The van der Waals surface area contributed by atoms with Crippen molar-refractivity contribution in [2.24, 2.45) is 10.3 Å². The quantitative estimate of drug-likeness (QED) is 0.616. The van der Waals surface area contributed by atoms with Crippen molar-refractivity contribution in [2.45, 2.75) is 12.6 Å². The lowest BCUT2D eigenvalue weighted by Crippen LogP contribution is -2.24. The van der Waals surface area contributed by atoms with Gasteiger partial charge in [-0.15, -0.1) is 0 Å². The van der Waals surface area contributed by atoms with Crippen LogP contribution in [0.25, 0.3) is 10.9 Å². The molecule has 1 atom stereocenters. The number of aromatic nitrogens is 1. The van der Waals surface area contributed by atoms with E-state index < -0.39 is 11.6 Å². The monoisotopic (exact) mass is 405 g/mol. The summed E-state index contributed by atoms with van der Waals surface area (Å²) in [5, 5.41) is 11.3. The number of nitrogens with zero attached hydrogens (tertiary/aromatic N) is 5. The number of fused-ring (bicyclic) bond motifs is 2. The van der Waals surface area contributed by atoms with E-state index in [2.05, 4.69) is 15.3 Å². The lowest BCUT2D eigenvalue weighted by Gasteiger charge is -2.25. The molecule has 1 aromatic heterocycles. The number of benzene rings is 2. The molecule has 2 aliphatic rings. The van der Waals surface area contributed by atoms with Crippen LogP contribution in [-0.4, -0.2) is 23.1 Å². The maximum absolute atomic E-state index is 13.6. The second-order valence-electron chi connectivity index (χ2n) is 7.04. The number of halogens is 2. The van der Waals surface area contributed by atoms with Crippen LogP contribution in [0.3, 0.4) is 0 Å². The highest BCUT2D eigenvalue weighted by molar-refractivity contribution is 5.80. The first kappa shape index (κ1) is 18.2.